The van der Waals surface area contributed by atoms with Crippen molar-refractivity contribution in [3.05, 3.63) is 71.8 Å². The number of amides is 2. The van der Waals surface area contributed by atoms with Gasteiger partial charge in [0.2, 0.25) is 5.91 Å². The van der Waals surface area contributed by atoms with E-state index in [4.69, 9.17) is 9.47 Å². The number of aliphatic hydroxyl groups is 1. The highest BCUT2D eigenvalue weighted by Gasteiger charge is 2.39. The highest BCUT2D eigenvalue weighted by molar-refractivity contribution is 5.88. The average molecular weight is 412 g/mol. The number of carbonyl (C=O) groups is 3. The highest BCUT2D eigenvalue weighted by Crippen LogP contribution is 2.19. The second-order valence-corrected chi connectivity index (χ2v) is 6.96. The van der Waals surface area contributed by atoms with E-state index in [-0.39, 0.29) is 32.7 Å². The number of β-amino-alcohol motifs (C(OH)–C–C–N with tert-alkyl or cyclic N) is 1. The molecule has 2 atom stereocenters. The maximum atomic E-state index is 12.5. The van der Waals surface area contributed by atoms with E-state index in [9.17, 15) is 19.5 Å². The lowest BCUT2D eigenvalue weighted by Gasteiger charge is -2.22. The Hall–Kier alpha value is -3.39. The van der Waals surface area contributed by atoms with E-state index >= 15 is 0 Å². The van der Waals surface area contributed by atoms with Gasteiger partial charge >= 0.3 is 12.1 Å². The molecule has 158 valence electrons. The molecule has 1 aliphatic heterocycles. The number of hydrogen-bond acceptors (Lipinski definition) is 6. The van der Waals surface area contributed by atoms with E-state index < -0.39 is 30.1 Å². The predicted molar refractivity (Wildman–Crippen MR) is 107 cm³/mol. The number of carbonyl (C=O) groups excluding carboxylic acids is 3. The summed E-state index contributed by atoms with van der Waals surface area (Å²) in [5.74, 6) is -1.14. The number of esters is 1. The molecule has 0 saturated carbocycles. The lowest BCUT2D eigenvalue weighted by Crippen LogP contribution is -2.47. The molecule has 1 fully saturated rings. The van der Waals surface area contributed by atoms with Crippen LogP contribution in [0.3, 0.4) is 0 Å². The van der Waals surface area contributed by atoms with Crippen LogP contribution in [-0.2, 0) is 32.3 Å². The summed E-state index contributed by atoms with van der Waals surface area (Å²) in [6, 6.07) is 17.4. The van der Waals surface area contributed by atoms with Crippen molar-refractivity contribution in [2.45, 2.75) is 31.8 Å². The molecule has 0 bridgehead atoms. The number of hydrogen-bond donors (Lipinski definition) is 2. The molecule has 0 spiro atoms. The monoisotopic (exact) mass is 412 g/mol. The molecule has 1 heterocycles. The van der Waals surface area contributed by atoms with Crippen LogP contribution in [0.1, 0.15) is 17.5 Å². The minimum Gasteiger partial charge on any atom is -0.460 e. The number of ether oxygens (including phenoxy) is 2. The van der Waals surface area contributed by atoms with E-state index in [1.54, 1.807) is 0 Å². The van der Waals surface area contributed by atoms with Gasteiger partial charge in [0.25, 0.3) is 0 Å². The maximum absolute atomic E-state index is 12.5. The standard InChI is InChI=1S/C22H24N2O6/c25-18-11-19(24(13-18)22(28)30-15-17-9-5-2-6-10-17)21(27)23-12-20(26)29-14-16-7-3-1-4-8-16/h1-10,18-19,25H,11-15H2,(H,23,27)/t18?,19-/m0/s1. The second kappa shape index (κ2) is 10.4. The van der Waals surface area contributed by atoms with E-state index in [0.717, 1.165) is 11.1 Å². The summed E-state index contributed by atoms with van der Waals surface area (Å²) in [4.78, 5) is 37.9. The second-order valence-electron chi connectivity index (χ2n) is 6.96. The fraction of sp³-hybridized carbons (Fsp3) is 0.318. The first kappa shape index (κ1) is 21.3. The Morgan fingerprint density at radius 3 is 2.10 bits per heavy atom. The van der Waals surface area contributed by atoms with Crippen LogP contribution in [-0.4, -0.2) is 53.2 Å². The SMILES string of the molecule is O=C(CNC(=O)[C@@H]1CC(O)CN1C(=O)OCc1ccccc1)OCc1ccccc1. The minimum atomic E-state index is -0.912. The van der Waals surface area contributed by atoms with Crippen LogP contribution < -0.4 is 5.32 Å². The van der Waals surface area contributed by atoms with Gasteiger partial charge in [0.05, 0.1) is 12.6 Å². The van der Waals surface area contributed by atoms with Gasteiger partial charge < -0.3 is 19.9 Å². The number of aliphatic hydroxyl groups excluding tert-OH is 1. The Labute approximate surface area is 174 Å². The summed E-state index contributed by atoms with van der Waals surface area (Å²) >= 11 is 0. The fourth-order valence-corrected chi connectivity index (χ4v) is 3.13. The van der Waals surface area contributed by atoms with Gasteiger partial charge in [-0.2, -0.15) is 0 Å². The van der Waals surface area contributed by atoms with Gasteiger partial charge in [-0.05, 0) is 11.1 Å². The molecule has 1 unspecified atom stereocenters. The zero-order valence-corrected chi connectivity index (χ0v) is 16.4. The summed E-state index contributed by atoms with van der Waals surface area (Å²) < 4.78 is 10.4. The topological polar surface area (TPSA) is 105 Å². The van der Waals surface area contributed by atoms with Crippen molar-refractivity contribution in [2.24, 2.45) is 0 Å². The molecular weight excluding hydrogens is 388 g/mol. The zero-order chi connectivity index (χ0) is 21.3. The Morgan fingerprint density at radius 1 is 0.933 bits per heavy atom. The molecule has 2 aromatic rings. The summed E-state index contributed by atoms with van der Waals surface area (Å²) in [6.45, 7) is -0.169. The van der Waals surface area contributed by atoms with E-state index in [1.165, 1.54) is 4.90 Å². The quantitative estimate of drug-likeness (QED) is 0.670. The Morgan fingerprint density at radius 2 is 1.50 bits per heavy atom. The highest BCUT2D eigenvalue weighted by atomic mass is 16.6. The molecule has 0 aromatic heterocycles. The van der Waals surface area contributed by atoms with Crippen molar-refractivity contribution in [3.63, 3.8) is 0 Å². The third-order valence-corrected chi connectivity index (χ3v) is 4.67. The first-order valence-electron chi connectivity index (χ1n) is 9.65. The minimum absolute atomic E-state index is 0.00976. The van der Waals surface area contributed by atoms with Gasteiger partial charge in [-0.3, -0.25) is 14.5 Å². The molecule has 0 radical (unpaired) electrons. The molecule has 2 aromatic carbocycles. The molecule has 8 nitrogen and oxygen atoms in total. The third-order valence-electron chi connectivity index (χ3n) is 4.67. The van der Waals surface area contributed by atoms with Crippen LogP contribution in [0.2, 0.25) is 0 Å². The molecule has 0 aliphatic carbocycles. The zero-order valence-electron chi connectivity index (χ0n) is 16.4. The van der Waals surface area contributed by atoms with Crippen LogP contribution in [0, 0.1) is 0 Å². The van der Waals surface area contributed by atoms with Gasteiger partial charge in [0.1, 0.15) is 25.8 Å². The van der Waals surface area contributed by atoms with Crippen molar-refractivity contribution in [1.82, 2.24) is 10.2 Å². The van der Waals surface area contributed by atoms with Crippen LogP contribution in [0.4, 0.5) is 4.79 Å². The largest absolute Gasteiger partial charge is 0.460 e. The molecule has 8 heteroatoms. The number of nitrogens with one attached hydrogen (secondary N) is 1. The third kappa shape index (κ3) is 6.05. The van der Waals surface area contributed by atoms with Gasteiger partial charge in [0.15, 0.2) is 0 Å². The summed E-state index contributed by atoms with van der Waals surface area (Å²) in [6.07, 6.45) is -1.46. The summed E-state index contributed by atoms with van der Waals surface area (Å²) in [5, 5.41) is 12.4. The van der Waals surface area contributed by atoms with Crippen LogP contribution in [0.5, 0.6) is 0 Å². The fourth-order valence-electron chi connectivity index (χ4n) is 3.13. The van der Waals surface area contributed by atoms with Crippen molar-refractivity contribution < 1.29 is 29.0 Å². The molecule has 1 saturated heterocycles. The normalized spacial score (nSPS) is 18.0. The number of rotatable bonds is 7. The molecule has 3 rings (SSSR count). The lowest BCUT2D eigenvalue weighted by molar-refractivity contribution is -0.145. The van der Waals surface area contributed by atoms with E-state index in [2.05, 4.69) is 5.32 Å². The Balaban J connectivity index is 1.47. The molecular formula is C22H24N2O6. The maximum Gasteiger partial charge on any atom is 0.410 e. The van der Waals surface area contributed by atoms with Gasteiger partial charge in [-0.25, -0.2) is 4.79 Å². The Kier molecular flexibility index (Phi) is 7.40. The summed E-state index contributed by atoms with van der Waals surface area (Å²) in [5.41, 5.74) is 1.65. The van der Waals surface area contributed by atoms with Gasteiger partial charge in [0, 0.05) is 6.42 Å². The van der Waals surface area contributed by atoms with Crippen molar-refractivity contribution in [3.8, 4) is 0 Å². The molecule has 2 N–H and O–H groups in total. The number of benzene rings is 2. The molecule has 2 amide bonds. The van der Waals surface area contributed by atoms with E-state index in [0.29, 0.717) is 0 Å². The van der Waals surface area contributed by atoms with Gasteiger partial charge in [-0.1, -0.05) is 60.7 Å². The van der Waals surface area contributed by atoms with Crippen LogP contribution in [0.15, 0.2) is 60.7 Å². The predicted octanol–water partition coefficient (Wildman–Crippen LogP) is 1.62. The first-order valence-corrected chi connectivity index (χ1v) is 9.65. The van der Waals surface area contributed by atoms with Crippen LogP contribution in [0.25, 0.3) is 0 Å². The van der Waals surface area contributed by atoms with Crippen molar-refractivity contribution in [1.29, 1.82) is 0 Å². The number of likely N-dealkylation sites (tertiary alicyclic amines) is 1. The lowest BCUT2D eigenvalue weighted by atomic mass is 10.2. The van der Waals surface area contributed by atoms with Crippen molar-refractivity contribution in [2.75, 3.05) is 13.1 Å². The Bertz CT molecular complexity index is 858. The average Bonchev–Trinajstić information content (AvgIpc) is 3.17. The summed E-state index contributed by atoms with van der Waals surface area (Å²) in [7, 11) is 0. The van der Waals surface area contributed by atoms with Gasteiger partial charge in [-0.15, -0.1) is 0 Å². The molecule has 30 heavy (non-hydrogen) atoms. The van der Waals surface area contributed by atoms with Crippen LogP contribution >= 0.6 is 0 Å². The smallest absolute Gasteiger partial charge is 0.410 e. The van der Waals surface area contributed by atoms with Crippen molar-refractivity contribution >= 4 is 18.0 Å². The first-order chi connectivity index (χ1) is 14.5. The number of nitrogens with zero attached hydrogens (tertiary/aromatic N) is 1. The van der Waals surface area contributed by atoms with E-state index in [1.807, 2.05) is 60.7 Å². The molecule has 1 aliphatic rings.